The summed E-state index contributed by atoms with van der Waals surface area (Å²) in [7, 11) is 1.55. The van der Waals surface area contributed by atoms with E-state index in [-0.39, 0.29) is 12.5 Å². The average molecular weight is 502 g/mol. The fourth-order valence-electron chi connectivity index (χ4n) is 3.52. The second kappa shape index (κ2) is 11.9. The van der Waals surface area contributed by atoms with Gasteiger partial charge in [-0.15, -0.1) is 0 Å². The first-order chi connectivity index (χ1) is 17.5. The Kier molecular flexibility index (Phi) is 8.16. The summed E-state index contributed by atoms with van der Waals surface area (Å²) in [5.41, 5.74) is 4.59. The van der Waals surface area contributed by atoms with Crippen molar-refractivity contribution in [3.63, 3.8) is 0 Å². The van der Waals surface area contributed by atoms with Crippen LogP contribution in [0.2, 0.25) is 5.02 Å². The number of hydrogen-bond donors (Lipinski definition) is 2. The minimum absolute atomic E-state index is 0.208. The number of rotatable bonds is 9. The van der Waals surface area contributed by atoms with Gasteiger partial charge in [-0.3, -0.25) is 9.59 Å². The maximum atomic E-state index is 12.6. The molecule has 4 aromatic rings. The second-order valence-electron chi connectivity index (χ2n) is 7.83. The summed E-state index contributed by atoms with van der Waals surface area (Å²) < 4.78 is 11.3. The van der Waals surface area contributed by atoms with Crippen LogP contribution in [0.4, 0.5) is 0 Å². The van der Waals surface area contributed by atoms with Crippen LogP contribution in [-0.2, 0) is 11.4 Å². The summed E-state index contributed by atoms with van der Waals surface area (Å²) in [6.45, 7) is 0.154. The number of ether oxygens (including phenoxy) is 2. The van der Waals surface area contributed by atoms with Gasteiger partial charge in [-0.25, -0.2) is 5.43 Å². The van der Waals surface area contributed by atoms with E-state index in [0.29, 0.717) is 34.3 Å². The highest BCUT2D eigenvalue weighted by Gasteiger charge is 2.11. The van der Waals surface area contributed by atoms with Crippen LogP contribution in [0.15, 0.2) is 90.0 Å². The lowest BCUT2D eigenvalue weighted by Gasteiger charge is -2.11. The predicted molar refractivity (Wildman–Crippen MR) is 141 cm³/mol. The fraction of sp³-hybridized carbons (Fsp3) is 0.107. The van der Waals surface area contributed by atoms with Crippen LogP contribution in [0.1, 0.15) is 21.5 Å². The van der Waals surface area contributed by atoms with Gasteiger partial charge < -0.3 is 14.8 Å². The maximum Gasteiger partial charge on any atom is 0.259 e. The SMILES string of the molecule is COc1cc(C=NNC(=O)CNC(=O)c2cccc3ccccc23)ccc1OCc1ccc(Cl)cc1. The lowest BCUT2D eigenvalue weighted by atomic mass is 10.0. The third-order valence-electron chi connectivity index (χ3n) is 5.34. The molecule has 0 heterocycles. The van der Waals surface area contributed by atoms with E-state index in [4.69, 9.17) is 21.1 Å². The summed E-state index contributed by atoms with van der Waals surface area (Å²) in [6.07, 6.45) is 1.48. The van der Waals surface area contributed by atoms with Crippen LogP contribution in [0.5, 0.6) is 11.5 Å². The summed E-state index contributed by atoms with van der Waals surface area (Å²) in [5.74, 6) is 0.325. The standard InChI is InChI=1S/C28H24ClN3O4/c1-35-26-15-20(11-14-25(26)36-18-19-9-12-22(29)13-10-19)16-31-32-27(33)17-30-28(34)24-8-4-6-21-5-2-3-7-23(21)24/h2-16H,17-18H2,1H3,(H,30,34)(H,32,33). The molecule has 0 saturated heterocycles. The van der Waals surface area contributed by atoms with Gasteiger partial charge in [-0.2, -0.15) is 5.10 Å². The molecule has 182 valence electrons. The highest BCUT2D eigenvalue weighted by Crippen LogP contribution is 2.28. The third-order valence-corrected chi connectivity index (χ3v) is 5.59. The molecule has 0 atom stereocenters. The summed E-state index contributed by atoms with van der Waals surface area (Å²) >= 11 is 5.91. The first-order valence-corrected chi connectivity index (χ1v) is 11.5. The van der Waals surface area contributed by atoms with Crippen molar-refractivity contribution in [2.24, 2.45) is 5.10 Å². The molecule has 0 aliphatic rings. The van der Waals surface area contributed by atoms with Gasteiger partial charge in [0, 0.05) is 10.6 Å². The number of hydrogen-bond acceptors (Lipinski definition) is 5. The number of carbonyl (C=O) groups is 2. The highest BCUT2D eigenvalue weighted by atomic mass is 35.5. The second-order valence-corrected chi connectivity index (χ2v) is 8.26. The number of fused-ring (bicyclic) bond motifs is 1. The molecule has 4 aromatic carbocycles. The Morgan fingerprint density at radius 3 is 2.53 bits per heavy atom. The number of amides is 2. The number of nitrogens with one attached hydrogen (secondary N) is 2. The lowest BCUT2D eigenvalue weighted by molar-refractivity contribution is -0.120. The number of methoxy groups -OCH3 is 1. The molecule has 0 spiro atoms. The molecular weight excluding hydrogens is 478 g/mol. The maximum absolute atomic E-state index is 12.6. The highest BCUT2D eigenvalue weighted by molar-refractivity contribution is 6.30. The van der Waals surface area contributed by atoms with E-state index < -0.39 is 5.91 Å². The van der Waals surface area contributed by atoms with Crippen molar-refractivity contribution in [3.8, 4) is 11.5 Å². The van der Waals surface area contributed by atoms with E-state index in [2.05, 4.69) is 15.8 Å². The summed E-state index contributed by atoms with van der Waals surface area (Å²) in [4.78, 5) is 24.7. The van der Waals surface area contributed by atoms with Gasteiger partial charge >= 0.3 is 0 Å². The monoisotopic (exact) mass is 501 g/mol. The van der Waals surface area contributed by atoms with Crippen LogP contribution in [0.25, 0.3) is 10.8 Å². The minimum atomic E-state index is -0.449. The number of halogens is 1. The normalized spacial score (nSPS) is 10.8. The molecule has 7 nitrogen and oxygen atoms in total. The van der Waals surface area contributed by atoms with Crippen molar-refractivity contribution in [3.05, 3.63) is 107 Å². The molecule has 0 unspecified atom stereocenters. The Bertz CT molecular complexity index is 1400. The zero-order valence-corrected chi connectivity index (χ0v) is 20.3. The number of carbonyl (C=O) groups excluding carboxylic acids is 2. The Morgan fingerprint density at radius 2 is 1.72 bits per heavy atom. The first-order valence-electron chi connectivity index (χ1n) is 11.2. The molecule has 0 fully saturated rings. The predicted octanol–water partition coefficient (Wildman–Crippen LogP) is 4.96. The zero-order valence-electron chi connectivity index (χ0n) is 19.5. The van der Waals surface area contributed by atoms with Crippen molar-refractivity contribution in [1.82, 2.24) is 10.7 Å². The van der Waals surface area contributed by atoms with E-state index >= 15 is 0 Å². The van der Waals surface area contributed by atoms with E-state index in [1.807, 2.05) is 48.5 Å². The van der Waals surface area contributed by atoms with Gasteiger partial charge in [-0.05, 0) is 58.3 Å². The van der Waals surface area contributed by atoms with E-state index in [9.17, 15) is 9.59 Å². The summed E-state index contributed by atoms with van der Waals surface area (Å²) in [5, 5.41) is 9.04. The molecule has 2 N–H and O–H groups in total. The van der Waals surface area contributed by atoms with Crippen molar-refractivity contribution in [2.75, 3.05) is 13.7 Å². The Hall–Kier alpha value is -4.36. The van der Waals surface area contributed by atoms with Crippen molar-refractivity contribution < 1.29 is 19.1 Å². The number of hydrazone groups is 1. The molecule has 0 aliphatic carbocycles. The minimum Gasteiger partial charge on any atom is -0.493 e. The topological polar surface area (TPSA) is 89.0 Å². The Morgan fingerprint density at radius 1 is 0.944 bits per heavy atom. The van der Waals surface area contributed by atoms with Crippen molar-refractivity contribution in [1.29, 1.82) is 0 Å². The average Bonchev–Trinajstić information content (AvgIpc) is 2.91. The Balaban J connectivity index is 1.29. The molecule has 8 heteroatoms. The van der Waals surface area contributed by atoms with Gasteiger partial charge in [0.25, 0.3) is 11.8 Å². The number of nitrogens with zero attached hydrogens (tertiary/aromatic N) is 1. The fourth-order valence-corrected chi connectivity index (χ4v) is 3.65. The van der Waals surface area contributed by atoms with Crippen LogP contribution < -0.4 is 20.2 Å². The van der Waals surface area contributed by atoms with E-state index in [0.717, 1.165) is 16.3 Å². The molecule has 0 aromatic heterocycles. The Labute approximate surface area is 213 Å². The van der Waals surface area contributed by atoms with E-state index in [1.54, 1.807) is 43.5 Å². The zero-order chi connectivity index (χ0) is 25.3. The largest absolute Gasteiger partial charge is 0.493 e. The molecule has 0 saturated carbocycles. The molecule has 36 heavy (non-hydrogen) atoms. The van der Waals surface area contributed by atoms with Crippen molar-refractivity contribution in [2.45, 2.75) is 6.61 Å². The summed E-state index contributed by atoms with van der Waals surface area (Å²) in [6, 6.07) is 25.7. The van der Waals surface area contributed by atoms with Gasteiger partial charge in [0.05, 0.1) is 19.9 Å². The van der Waals surface area contributed by atoms with Crippen LogP contribution >= 0.6 is 11.6 Å². The van der Waals surface area contributed by atoms with Crippen LogP contribution in [-0.4, -0.2) is 31.7 Å². The molecule has 0 bridgehead atoms. The van der Waals surface area contributed by atoms with E-state index in [1.165, 1.54) is 6.21 Å². The molecule has 4 rings (SSSR count). The molecular formula is C28H24ClN3O4. The van der Waals surface area contributed by atoms with Crippen LogP contribution in [0, 0.1) is 0 Å². The smallest absolute Gasteiger partial charge is 0.259 e. The molecule has 0 radical (unpaired) electrons. The number of benzene rings is 4. The van der Waals surface area contributed by atoms with Gasteiger partial charge in [0.15, 0.2) is 11.5 Å². The molecule has 2 amide bonds. The van der Waals surface area contributed by atoms with Crippen LogP contribution in [0.3, 0.4) is 0 Å². The molecule has 0 aliphatic heterocycles. The third kappa shape index (κ3) is 6.40. The van der Waals surface area contributed by atoms with Gasteiger partial charge in [0.1, 0.15) is 6.61 Å². The lowest BCUT2D eigenvalue weighted by Crippen LogP contribution is -2.35. The quantitative estimate of drug-likeness (QED) is 0.250. The first kappa shape index (κ1) is 24.8. The van der Waals surface area contributed by atoms with Gasteiger partial charge in [-0.1, -0.05) is 60.1 Å². The van der Waals surface area contributed by atoms with Crippen molar-refractivity contribution >= 4 is 40.4 Å². The van der Waals surface area contributed by atoms with Gasteiger partial charge in [0.2, 0.25) is 0 Å².